The van der Waals surface area contributed by atoms with Gasteiger partial charge >= 0.3 is 0 Å². The van der Waals surface area contributed by atoms with Crippen molar-refractivity contribution >= 4 is 0 Å². The predicted octanol–water partition coefficient (Wildman–Crippen LogP) is 1.88. The van der Waals surface area contributed by atoms with Crippen molar-refractivity contribution in [3.8, 4) is 0 Å². The van der Waals surface area contributed by atoms with Crippen LogP contribution in [0.1, 0.15) is 40.0 Å². The lowest BCUT2D eigenvalue weighted by atomic mass is 9.96. The summed E-state index contributed by atoms with van der Waals surface area (Å²) < 4.78 is 0. The normalized spacial score (nSPS) is 27.9. The molecule has 0 aromatic rings. The van der Waals surface area contributed by atoms with Gasteiger partial charge in [0.25, 0.3) is 0 Å². The fourth-order valence-corrected chi connectivity index (χ4v) is 2.14. The monoisotopic (exact) mass is 185 g/mol. The number of hydrogen-bond donors (Lipinski definition) is 1. The Balaban J connectivity index is 2.53. The first-order valence-electron chi connectivity index (χ1n) is 5.53. The van der Waals surface area contributed by atoms with Crippen molar-refractivity contribution in [3.05, 3.63) is 0 Å². The summed E-state index contributed by atoms with van der Waals surface area (Å²) in [6, 6.07) is 1.03. The van der Waals surface area contributed by atoms with E-state index in [0.717, 1.165) is 0 Å². The summed E-state index contributed by atoms with van der Waals surface area (Å²) in [5, 5.41) is 9.25. The molecule has 1 N–H and O–H groups in total. The second-order valence-electron chi connectivity index (χ2n) is 4.55. The fraction of sp³-hybridized carbons (Fsp3) is 1.00. The molecule has 0 aliphatic carbocycles. The van der Waals surface area contributed by atoms with Crippen LogP contribution in [0.15, 0.2) is 0 Å². The standard InChI is InChI=1S/C11H23NO/c1-9(2)10(3)12-7-5-4-6-11(12)8-13/h9-11,13H,4-8H2,1-3H3. The molecular formula is C11H23NO. The summed E-state index contributed by atoms with van der Waals surface area (Å²) in [6.45, 7) is 8.29. The lowest BCUT2D eigenvalue weighted by Crippen LogP contribution is -2.48. The topological polar surface area (TPSA) is 23.5 Å². The zero-order chi connectivity index (χ0) is 9.84. The Hall–Kier alpha value is -0.0800. The van der Waals surface area contributed by atoms with Crippen LogP contribution in [0.5, 0.6) is 0 Å². The van der Waals surface area contributed by atoms with E-state index in [0.29, 0.717) is 24.6 Å². The Morgan fingerprint density at radius 1 is 1.31 bits per heavy atom. The van der Waals surface area contributed by atoms with Crippen molar-refractivity contribution in [2.45, 2.75) is 52.1 Å². The SMILES string of the molecule is CC(C)C(C)N1CCCCC1CO. The average molecular weight is 185 g/mol. The van der Waals surface area contributed by atoms with E-state index in [-0.39, 0.29) is 0 Å². The number of aliphatic hydroxyl groups excluding tert-OH is 1. The van der Waals surface area contributed by atoms with E-state index in [2.05, 4.69) is 25.7 Å². The highest BCUT2D eigenvalue weighted by Crippen LogP contribution is 2.22. The van der Waals surface area contributed by atoms with E-state index in [1.807, 2.05) is 0 Å². The van der Waals surface area contributed by atoms with Gasteiger partial charge in [-0.2, -0.15) is 0 Å². The maximum atomic E-state index is 9.25. The molecule has 0 aromatic carbocycles. The van der Waals surface area contributed by atoms with Gasteiger partial charge in [0.05, 0.1) is 6.61 Å². The van der Waals surface area contributed by atoms with E-state index in [1.165, 1.54) is 25.8 Å². The Morgan fingerprint density at radius 2 is 2.00 bits per heavy atom. The number of nitrogens with zero attached hydrogens (tertiary/aromatic N) is 1. The van der Waals surface area contributed by atoms with Gasteiger partial charge in [0.1, 0.15) is 0 Å². The Morgan fingerprint density at radius 3 is 2.54 bits per heavy atom. The predicted molar refractivity (Wildman–Crippen MR) is 55.7 cm³/mol. The summed E-state index contributed by atoms with van der Waals surface area (Å²) in [7, 11) is 0. The average Bonchev–Trinajstić information content (AvgIpc) is 2.16. The molecule has 0 aromatic heterocycles. The highest BCUT2D eigenvalue weighted by Gasteiger charge is 2.26. The molecule has 2 atom stereocenters. The molecule has 1 aliphatic heterocycles. The highest BCUT2D eigenvalue weighted by molar-refractivity contribution is 4.81. The Bertz CT molecular complexity index is 145. The molecule has 1 fully saturated rings. The largest absolute Gasteiger partial charge is 0.395 e. The first-order valence-corrected chi connectivity index (χ1v) is 5.53. The molecule has 1 rings (SSSR count). The molecule has 2 unspecified atom stereocenters. The quantitative estimate of drug-likeness (QED) is 0.725. The summed E-state index contributed by atoms with van der Waals surface area (Å²) in [5.41, 5.74) is 0. The summed E-state index contributed by atoms with van der Waals surface area (Å²) >= 11 is 0. The van der Waals surface area contributed by atoms with Gasteiger partial charge in [-0.25, -0.2) is 0 Å². The van der Waals surface area contributed by atoms with Crippen LogP contribution in [-0.2, 0) is 0 Å². The van der Waals surface area contributed by atoms with Gasteiger partial charge in [-0.15, -0.1) is 0 Å². The van der Waals surface area contributed by atoms with Crippen molar-refractivity contribution < 1.29 is 5.11 Å². The van der Waals surface area contributed by atoms with Gasteiger partial charge < -0.3 is 5.11 Å². The van der Waals surface area contributed by atoms with Crippen molar-refractivity contribution in [3.63, 3.8) is 0 Å². The van der Waals surface area contributed by atoms with Crippen LogP contribution in [0.4, 0.5) is 0 Å². The maximum Gasteiger partial charge on any atom is 0.0586 e. The van der Waals surface area contributed by atoms with Crippen LogP contribution in [0.25, 0.3) is 0 Å². The van der Waals surface area contributed by atoms with Gasteiger partial charge in [0, 0.05) is 12.1 Å². The van der Waals surface area contributed by atoms with Crippen molar-refractivity contribution in [2.24, 2.45) is 5.92 Å². The van der Waals surface area contributed by atoms with E-state index >= 15 is 0 Å². The van der Waals surface area contributed by atoms with Crippen LogP contribution < -0.4 is 0 Å². The van der Waals surface area contributed by atoms with E-state index in [4.69, 9.17) is 0 Å². The van der Waals surface area contributed by atoms with E-state index in [9.17, 15) is 5.11 Å². The second kappa shape index (κ2) is 4.97. The molecule has 2 heteroatoms. The van der Waals surface area contributed by atoms with Crippen LogP contribution in [0.2, 0.25) is 0 Å². The number of rotatable bonds is 3. The smallest absolute Gasteiger partial charge is 0.0586 e. The van der Waals surface area contributed by atoms with Gasteiger partial charge in [-0.1, -0.05) is 20.3 Å². The third-order valence-electron chi connectivity index (χ3n) is 3.37. The molecule has 0 amide bonds. The van der Waals surface area contributed by atoms with Gasteiger partial charge in [-0.05, 0) is 32.2 Å². The lowest BCUT2D eigenvalue weighted by molar-refractivity contribution is 0.0427. The minimum Gasteiger partial charge on any atom is -0.395 e. The number of aliphatic hydroxyl groups is 1. The van der Waals surface area contributed by atoms with Crippen LogP contribution in [0, 0.1) is 5.92 Å². The molecule has 1 heterocycles. The van der Waals surface area contributed by atoms with Gasteiger partial charge in [-0.3, -0.25) is 4.90 Å². The molecular weight excluding hydrogens is 162 g/mol. The Labute approximate surface area is 81.9 Å². The molecule has 1 saturated heterocycles. The molecule has 0 saturated carbocycles. The number of piperidine rings is 1. The van der Waals surface area contributed by atoms with E-state index < -0.39 is 0 Å². The Kier molecular flexibility index (Phi) is 4.20. The minimum absolute atomic E-state index is 0.330. The van der Waals surface area contributed by atoms with Crippen LogP contribution in [0.3, 0.4) is 0 Å². The van der Waals surface area contributed by atoms with Crippen molar-refractivity contribution in [2.75, 3.05) is 13.2 Å². The molecule has 0 bridgehead atoms. The van der Waals surface area contributed by atoms with Crippen LogP contribution >= 0.6 is 0 Å². The highest BCUT2D eigenvalue weighted by atomic mass is 16.3. The third kappa shape index (κ3) is 2.68. The first kappa shape index (κ1) is 11.0. The van der Waals surface area contributed by atoms with Gasteiger partial charge in [0.2, 0.25) is 0 Å². The molecule has 1 aliphatic rings. The lowest BCUT2D eigenvalue weighted by Gasteiger charge is -2.40. The number of likely N-dealkylation sites (tertiary alicyclic amines) is 1. The zero-order valence-corrected chi connectivity index (χ0v) is 9.16. The summed E-state index contributed by atoms with van der Waals surface area (Å²) in [4.78, 5) is 2.48. The van der Waals surface area contributed by atoms with E-state index in [1.54, 1.807) is 0 Å². The molecule has 2 nitrogen and oxygen atoms in total. The van der Waals surface area contributed by atoms with Gasteiger partial charge in [0.15, 0.2) is 0 Å². The maximum absolute atomic E-state index is 9.25. The van der Waals surface area contributed by atoms with Crippen molar-refractivity contribution in [1.29, 1.82) is 0 Å². The molecule has 0 radical (unpaired) electrons. The molecule has 13 heavy (non-hydrogen) atoms. The second-order valence-corrected chi connectivity index (χ2v) is 4.55. The summed E-state index contributed by atoms with van der Waals surface area (Å²) in [5.74, 6) is 0.687. The first-order chi connectivity index (χ1) is 6.16. The summed E-state index contributed by atoms with van der Waals surface area (Å²) in [6.07, 6.45) is 3.76. The fourth-order valence-electron chi connectivity index (χ4n) is 2.14. The third-order valence-corrected chi connectivity index (χ3v) is 3.37. The zero-order valence-electron chi connectivity index (χ0n) is 9.16. The minimum atomic E-state index is 0.330. The van der Waals surface area contributed by atoms with Crippen LogP contribution in [-0.4, -0.2) is 35.2 Å². The molecule has 0 spiro atoms. The number of hydrogen-bond acceptors (Lipinski definition) is 2. The van der Waals surface area contributed by atoms with Crippen molar-refractivity contribution in [1.82, 2.24) is 4.90 Å². The molecule has 78 valence electrons.